The number of anilines is 1. The highest BCUT2D eigenvalue weighted by Crippen LogP contribution is 2.25. The van der Waals surface area contributed by atoms with Crippen molar-refractivity contribution in [3.05, 3.63) is 59.6 Å². The van der Waals surface area contributed by atoms with Crippen molar-refractivity contribution < 1.29 is 18.7 Å². The molecule has 1 aromatic heterocycles. The van der Waals surface area contributed by atoms with E-state index < -0.39 is 17.6 Å². The molecule has 2 atom stereocenters. The first kappa shape index (κ1) is 21.6. The maximum absolute atomic E-state index is 13.4. The van der Waals surface area contributed by atoms with Crippen molar-refractivity contribution in [2.24, 2.45) is 0 Å². The van der Waals surface area contributed by atoms with Gasteiger partial charge in [-0.3, -0.25) is 9.88 Å². The van der Waals surface area contributed by atoms with Gasteiger partial charge in [-0.15, -0.1) is 0 Å². The molecule has 154 valence electrons. The molecule has 0 aliphatic carbocycles. The summed E-state index contributed by atoms with van der Waals surface area (Å²) in [5.74, 6) is -2.04. The standard InChI is InChI=1S/C20H21F2IN4O2/c21-15-5-3-13(10-16(15)22)7-9-27-8-1-2-17(20(27)23)26-18-12-24-14(11-25-18)4-6-19(28)29/h3-6,10-12,17,20H,1-2,7-9H2,(H,25,26)(H,28,29)/t17-,20?/m1/s1. The molecule has 0 spiro atoms. The van der Waals surface area contributed by atoms with Gasteiger partial charge in [0.15, 0.2) is 11.6 Å². The van der Waals surface area contributed by atoms with Crippen LogP contribution < -0.4 is 5.32 Å². The molecule has 1 aliphatic heterocycles. The Balaban J connectivity index is 1.56. The van der Waals surface area contributed by atoms with Gasteiger partial charge in [0.25, 0.3) is 0 Å². The minimum atomic E-state index is -1.03. The third-order valence-electron chi connectivity index (χ3n) is 4.71. The van der Waals surface area contributed by atoms with Crippen LogP contribution in [0.25, 0.3) is 6.08 Å². The molecule has 1 aliphatic rings. The molecule has 0 radical (unpaired) electrons. The number of hydrogen-bond donors (Lipinski definition) is 2. The lowest BCUT2D eigenvalue weighted by atomic mass is 10.0. The average Bonchev–Trinajstić information content (AvgIpc) is 2.70. The zero-order valence-corrected chi connectivity index (χ0v) is 17.7. The third kappa shape index (κ3) is 6.17. The number of alkyl halides is 1. The van der Waals surface area contributed by atoms with Gasteiger partial charge in [-0.1, -0.05) is 28.7 Å². The Morgan fingerprint density at radius 1 is 1.31 bits per heavy atom. The molecule has 1 fully saturated rings. The molecule has 1 saturated heterocycles. The number of nitrogens with one attached hydrogen (secondary N) is 1. The van der Waals surface area contributed by atoms with Crippen LogP contribution in [0.2, 0.25) is 0 Å². The van der Waals surface area contributed by atoms with Gasteiger partial charge in [0.05, 0.1) is 28.2 Å². The third-order valence-corrected chi connectivity index (χ3v) is 6.37. The van der Waals surface area contributed by atoms with Crippen LogP contribution in [0.1, 0.15) is 24.1 Å². The molecule has 0 bridgehead atoms. The zero-order chi connectivity index (χ0) is 20.8. The van der Waals surface area contributed by atoms with Crippen molar-refractivity contribution in [3.8, 4) is 0 Å². The number of aliphatic carboxylic acids is 1. The number of hydrogen-bond acceptors (Lipinski definition) is 5. The van der Waals surface area contributed by atoms with Crippen LogP contribution in [-0.4, -0.2) is 49.1 Å². The van der Waals surface area contributed by atoms with E-state index in [2.05, 4.69) is 42.8 Å². The maximum atomic E-state index is 13.4. The Bertz CT molecular complexity index is 879. The van der Waals surface area contributed by atoms with Crippen LogP contribution >= 0.6 is 22.6 Å². The zero-order valence-electron chi connectivity index (χ0n) is 15.6. The topological polar surface area (TPSA) is 78.3 Å². The maximum Gasteiger partial charge on any atom is 0.328 e. The van der Waals surface area contributed by atoms with Gasteiger partial charge < -0.3 is 10.4 Å². The predicted octanol–water partition coefficient (Wildman–Crippen LogP) is 3.73. The van der Waals surface area contributed by atoms with E-state index >= 15 is 0 Å². The lowest BCUT2D eigenvalue weighted by Crippen LogP contribution is -2.48. The summed E-state index contributed by atoms with van der Waals surface area (Å²) in [7, 11) is 0. The highest BCUT2D eigenvalue weighted by Gasteiger charge is 2.29. The number of rotatable bonds is 7. The van der Waals surface area contributed by atoms with Crippen molar-refractivity contribution in [1.29, 1.82) is 0 Å². The van der Waals surface area contributed by atoms with E-state index in [-0.39, 0.29) is 10.1 Å². The van der Waals surface area contributed by atoms with E-state index in [0.29, 0.717) is 17.9 Å². The van der Waals surface area contributed by atoms with Gasteiger partial charge in [-0.05, 0) is 49.6 Å². The number of carboxylic acids is 1. The quantitative estimate of drug-likeness (QED) is 0.254. The average molecular weight is 514 g/mol. The van der Waals surface area contributed by atoms with Gasteiger partial charge in [-0.2, -0.15) is 0 Å². The molecule has 29 heavy (non-hydrogen) atoms. The number of aromatic nitrogens is 2. The lowest BCUT2D eigenvalue weighted by molar-refractivity contribution is -0.131. The Kier molecular flexibility index (Phi) is 7.48. The Hall–Kier alpha value is -2.14. The number of benzene rings is 1. The number of carboxylic acid groups (broad SMARTS) is 1. The second kappa shape index (κ2) is 10.1. The highest BCUT2D eigenvalue weighted by atomic mass is 127. The fourth-order valence-electron chi connectivity index (χ4n) is 3.22. The SMILES string of the molecule is O=C(O)C=Cc1cnc(N[C@@H]2CCCN(CCc3ccc(F)c(F)c3)C2I)cn1. The van der Waals surface area contributed by atoms with Gasteiger partial charge in [0, 0.05) is 12.6 Å². The summed E-state index contributed by atoms with van der Waals surface area (Å²) in [6, 6.07) is 4.22. The fraction of sp³-hybridized carbons (Fsp3) is 0.350. The summed E-state index contributed by atoms with van der Waals surface area (Å²) < 4.78 is 26.7. The van der Waals surface area contributed by atoms with Gasteiger partial charge >= 0.3 is 5.97 Å². The fourth-order valence-corrected chi connectivity index (χ4v) is 4.32. The van der Waals surface area contributed by atoms with Gasteiger partial charge in [0.1, 0.15) is 5.82 Å². The summed E-state index contributed by atoms with van der Waals surface area (Å²) in [4.78, 5) is 21.4. The second-order valence-corrected chi connectivity index (χ2v) is 8.07. The van der Waals surface area contributed by atoms with Crippen molar-refractivity contribution in [3.63, 3.8) is 0 Å². The molecule has 2 aromatic rings. The van der Waals surface area contributed by atoms with Gasteiger partial charge in [-0.25, -0.2) is 18.6 Å². The molecule has 1 unspecified atom stereocenters. The van der Waals surface area contributed by atoms with Crippen molar-refractivity contribution in [2.75, 3.05) is 18.4 Å². The molecule has 9 heteroatoms. The summed E-state index contributed by atoms with van der Waals surface area (Å²) in [6.07, 6.45) is 8.16. The van der Waals surface area contributed by atoms with Crippen LogP contribution in [-0.2, 0) is 11.2 Å². The molecular weight excluding hydrogens is 493 g/mol. The van der Waals surface area contributed by atoms with Crippen LogP contribution in [0.3, 0.4) is 0 Å². The Labute approximate surface area is 181 Å². The van der Waals surface area contributed by atoms with Crippen LogP contribution in [0.4, 0.5) is 14.6 Å². The van der Waals surface area contributed by atoms with Gasteiger partial charge in [0.2, 0.25) is 0 Å². The van der Waals surface area contributed by atoms with Crippen molar-refractivity contribution in [1.82, 2.24) is 14.9 Å². The van der Waals surface area contributed by atoms with E-state index in [9.17, 15) is 13.6 Å². The first-order valence-electron chi connectivity index (χ1n) is 9.24. The minimum Gasteiger partial charge on any atom is -0.478 e. The number of nitrogens with zero attached hydrogens (tertiary/aromatic N) is 3. The van der Waals surface area contributed by atoms with E-state index in [1.165, 1.54) is 24.4 Å². The first-order valence-corrected chi connectivity index (χ1v) is 10.5. The van der Waals surface area contributed by atoms with Crippen LogP contribution in [0.15, 0.2) is 36.7 Å². The van der Waals surface area contributed by atoms with Crippen LogP contribution in [0, 0.1) is 11.6 Å². The molecular formula is C20H21F2IN4O2. The molecule has 6 nitrogen and oxygen atoms in total. The smallest absolute Gasteiger partial charge is 0.328 e. The van der Waals surface area contributed by atoms with Crippen molar-refractivity contribution >= 4 is 40.5 Å². The highest BCUT2D eigenvalue weighted by molar-refractivity contribution is 14.1. The summed E-state index contributed by atoms with van der Waals surface area (Å²) >= 11 is 2.39. The molecule has 0 saturated carbocycles. The van der Waals surface area contributed by atoms with E-state index in [0.717, 1.165) is 37.6 Å². The largest absolute Gasteiger partial charge is 0.478 e. The molecule has 0 amide bonds. The number of likely N-dealkylation sites (tertiary alicyclic amines) is 1. The second-order valence-electron chi connectivity index (χ2n) is 6.80. The van der Waals surface area contributed by atoms with E-state index in [4.69, 9.17) is 5.11 Å². The van der Waals surface area contributed by atoms with E-state index in [1.807, 2.05) is 0 Å². The molecule has 1 aromatic carbocycles. The summed E-state index contributed by atoms with van der Waals surface area (Å²) in [5, 5.41) is 12.0. The van der Waals surface area contributed by atoms with Crippen molar-refractivity contribution in [2.45, 2.75) is 29.4 Å². The Morgan fingerprint density at radius 2 is 2.14 bits per heavy atom. The summed E-state index contributed by atoms with van der Waals surface area (Å²) in [5.41, 5.74) is 1.25. The molecule has 2 N–H and O–H groups in total. The van der Waals surface area contributed by atoms with Crippen LogP contribution in [0.5, 0.6) is 0 Å². The monoisotopic (exact) mass is 514 g/mol. The molecule has 3 rings (SSSR count). The Morgan fingerprint density at radius 3 is 2.83 bits per heavy atom. The first-order chi connectivity index (χ1) is 13.9. The predicted molar refractivity (Wildman–Crippen MR) is 115 cm³/mol. The number of carbonyl (C=O) groups is 1. The summed E-state index contributed by atoms with van der Waals surface area (Å²) in [6.45, 7) is 1.70. The normalized spacial score (nSPS) is 20.1. The van der Waals surface area contributed by atoms with E-state index in [1.54, 1.807) is 12.3 Å². The lowest BCUT2D eigenvalue weighted by Gasteiger charge is -2.38. The number of piperidine rings is 1. The minimum absolute atomic E-state index is 0.170. The number of halogens is 3. The molecule has 2 heterocycles.